The first-order chi connectivity index (χ1) is 13.2. The molecule has 1 amide bonds. The molecule has 2 aromatic heterocycles. The summed E-state index contributed by atoms with van der Waals surface area (Å²) < 4.78 is 3.20. The fourth-order valence-electron chi connectivity index (χ4n) is 3.17. The third kappa shape index (κ3) is 4.00. The highest BCUT2D eigenvalue weighted by Gasteiger charge is 2.21. The largest absolute Gasteiger partial charge is 0.317 e. The van der Waals surface area contributed by atoms with E-state index in [-0.39, 0.29) is 12.3 Å². The molecule has 1 aromatic carbocycles. The molecule has 1 saturated heterocycles. The van der Waals surface area contributed by atoms with Gasteiger partial charge in [-0.2, -0.15) is 10.1 Å². The van der Waals surface area contributed by atoms with Gasteiger partial charge in [0, 0.05) is 13.0 Å². The van der Waals surface area contributed by atoms with Gasteiger partial charge in [0.2, 0.25) is 11.9 Å². The molecule has 0 atom stereocenters. The molecule has 10 heteroatoms. The van der Waals surface area contributed by atoms with Crippen molar-refractivity contribution in [2.24, 2.45) is 7.05 Å². The van der Waals surface area contributed by atoms with E-state index in [0.29, 0.717) is 11.9 Å². The first-order valence-electron chi connectivity index (χ1n) is 8.93. The number of tetrazole rings is 1. The van der Waals surface area contributed by atoms with Crippen LogP contribution in [-0.2, 0) is 18.3 Å². The summed E-state index contributed by atoms with van der Waals surface area (Å²) in [5.41, 5.74) is 1.73. The lowest BCUT2D eigenvalue weighted by Crippen LogP contribution is -2.27. The third-order valence-electron chi connectivity index (χ3n) is 4.65. The van der Waals surface area contributed by atoms with E-state index in [9.17, 15) is 4.79 Å². The molecule has 10 nitrogen and oxygen atoms in total. The molecule has 140 valence electrons. The summed E-state index contributed by atoms with van der Waals surface area (Å²) in [5, 5.41) is 21.7. The van der Waals surface area contributed by atoms with Crippen LogP contribution < -0.4 is 10.6 Å². The summed E-state index contributed by atoms with van der Waals surface area (Å²) in [6.07, 6.45) is 3.82. The number of nitrogens with one attached hydrogen (secondary N) is 2. The minimum absolute atomic E-state index is 0.127. The Hall–Kier alpha value is -3.14. The van der Waals surface area contributed by atoms with Crippen LogP contribution in [0.3, 0.4) is 0 Å². The van der Waals surface area contributed by atoms with Gasteiger partial charge in [-0.05, 0) is 54.1 Å². The molecule has 0 radical (unpaired) electrons. The number of aromatic nitrogens is 7. The van der Waals surface area contributed by atoms with E-state index in [1.807, 2.05) is 24.3 Å². The molecule has 2 N–H and O–H groups in total. The topological polar surface area (TPSA) is 115 Å². The van der Waals surface area contributed by atoms with Crippen molar-refractivity contribution in [3.8, 4) is 5.69 Å². The average molecular weight is 367 g/mol. The van der Waals surface area contributed by atoms with Gasteiger partial charge in [-0.15, -0.1) is 5.10 Å². The van der Waals surface area contributed by atoms with Crippen LogP contribution >= 0.6 is 0 Å². The van der Waals surface area contributed by atoms with Gasteiger partial charge in [-0.25, -0.2) is 9.36 Å². The van der Waals surface area contributed by atoms with Crippen molar-refractivity contribution < 1.29 is 4.79 Å². The van der Waals surface area contributed by atoms with Crippen molar-refractivity contribution in [3.05, 3.63) is 42.0 Å². The van der Waals surface area contributed by atoms with Gasteiger partial charge in [0.1, 0.15) is 6.33 Å². The fourth-order valence-corrected chi connectivity index (χ4v) is 3.17. The van der Waals surface area contributed by atoms with E-state index in [2.05, 4.69) is 36.2 Å². The summed E-state index contributed by atoms with van der Waals surface area (Å²) in [6.45, 7) is 1.95. The van der Waals surface area contributed by atoms with Crippen LogP contribution in [0.25, 0.3) is 5.69 Å². The molecular formula is C17H21N9O. The van der Waals surface area contributed by atoms with Crippen LogP contribution in [0.2, 0.25) is 0 Å². The molecule has 1 aliphatic heterocycles. The molecule has 3 heterocycles. The van der Waals surface area contributed by atoms with Crippen LogP contribution in [0, 0.1) is 0 Å². The van der Waals surface area contributed by atoms with Crippen molar-refractivity contribution in [2.75, 3.05) is 18.4 Å². The Balaban J connectivity index is 1.38. The zero-order valence-corrected chi connectivity index (χ0v) is 15.0. The first kappa shape index (κ1) is 17.3. The Bertz CT molecular complexity index is 895. The molecule has 0 spiro atoms. The standard InChI is InChI=1S/C17H21N9O/c1-25-17(21-16(22-25)13-6-8-18-9-7-13)20-15(27)10-12-2-4-14(5-3-12)26-11-19-23-24-26/h2-5,11,13,18H,6-10H2,1H3,(H,20,21,22,27). The first-order valence-corrected chi connectivity index (χ1v) is 8.93. The number of carbonyl (C=O) groups excluding carboxylic acids is 1. The van der Waals surface area contributed by atoms with Crippen LogP contribution in [0.5, 0.6) is 0 Å². The number of amides is 1. The van der Waals surface area contributed by atoms with Gasteiger partial charge in [-0.3, -0.25) is 10.1 Å². The highest BCUT2D eigenvalue weighted by molar-refractivity contribution is 5.90. The maximum atomic E-state index is 12.4. The molecule has 27 heavy (non-hydrogen) atoms. The van der Waals surface area contributed by atoms with E-state index in [1.54, 1.807) is 16.4 Å². The van der Waals surface area contributed by atoms with Gasteiger partial charge in [0.15, 0.2) is 5.82 Å². The molecule has 4 rings (SSSR count). The average Bonchev–Trinajstić information content (AvgIpc) is 3.34. The van der Waals surface area contributed by atoms with Crippen LogP contribution in [0.1, 0.15) is 30.1 Å². The Morgan fingerprint density at radius 3 is 2.74 bits per heavy atom. The summed E-state index contributed by atoms with van der Waals surface area (Å²) in [7, 11) is 1.80. The molecule has 3 aromatic rings. The molecule has 1 aliphatic rings. The van der Waals surface area contributed by atoms with Gasteiger partial charge < -0.3 is 5.32 Å². The van der Waals surface area contributed by atoms with E-state index in [4.69, 9.17) is 0 Å². The predicted octanol–water partition coefficient (Wildman–Crippen LogP) is 0.439. The Labute approximate surface area is 156 Å². The van der Waals surface area contributed by atoms with E-state index >= 15 is 0 Å². The maximum absolute atomic E-state index is 12.4. The summed E-state index contributed by atoms with van der Waals surface area (Å²) in [5.74, 6) is 1.51. The number of piperidine rings is 1. The number of benzene rings is 1. The predicted molar refractivity (Wildman–Crippen MR) is 97.3 cm³/mol. The van der Waals surface area contributed by atoms with Crippen LogP contribution in [-0.4, -0.2) is 54.0 Å². The second-order valence-electron chi connectivity index (χ2n) is 6.59. The fraction of sp³-hybridized carbons (Fsp3) is 0.412. The second kappa shape index (κ2) is 7.62. The highest BCUT2D eigenvalue weighted by Crippen LogP contribution is 2.23. The monoisotopic (exact) mass is 367 g/mol. The lowest BCUT2D eigenvalue weighted by molar-refractivity contribution is -0.115. The van der Waals surface area contributed by atoms with E-state index < -0.39 is 0 Å². The smallest absolute Gasteiger partial charge is 0.231 e. The summed E-state index contributed by atoms with van der Waals surface area (Å²) >= 11 is 0. The SMILES string of the molecule is Cn1nc(C2CCNCC2)nc1NC(=O)Cc1ccc(-n2cnnn2)cc1. The highest BCUT2D eigenvalue weighted by atomic mass is 16.1. The minimum Gasteiger partial charge on any atom is -0.317 e. The number of anilines is 1. The Morgan fingerprint density at radius 1 is 1.26 bits per heavy atom. The van der Waals surface area contributed by atoms with Crippen molar-refractivity contribution in [1.82, 2.24) is 40.3 Å². The third-order valence-corrected chi connectivity index (χ3v) is 4.65. The van der Waals surface area contributed by atoms with Crippen molar-refractivity contribution in [1.29, 1.82) is 0 Å². The number of hydrogen-bond donors (Lipinski definition) is 2. The lowest BCUT2D eigenvalue weighted by Gasteiger charge is -2.19. The zero-order chi connectivity index (χ0) is 18.6. The minimum atomic E-state index is -0.127. The number of hydrogen-bond acceptors (Lipinski definition) is 7. The summed E-state index contributed by atoms with van der Waals surface area (Å²) in [4.78, 5) is 16.9. The quantitative estimate of drug-likeness (QED) is 0.672. The van der Waals surface area contributed by atoms with E-state index in [0.717, 1.165) is 43.0 Å². The van der Waals surface area contributed by atoms with E-state index in [1.165, 1.54) is 6.33 Å². The van der Waals surface area contributed by atoms with Gasteiger partial charge >= 0.3 is 0 Å². The normalized spacial score (nSPS) is 15.0. The lowest BCUT2D eigenvalue weighted by atomic mass is 9.98. The molecule has 0 unspecified atom stereocenters. The number of aryl methyl sites for hydroxylation is 1. The Kier molecular flexibility index (Phi) is 4.88. The molecular weight excluding hydrogens is 346 g/mol. The van der Waals surface area contributed by atoms with Crippen molar-refractivity contribution >= 4 is 11.9 Å². The van der Waals surface area contributed by atoms with Crippen molar-refractivity contribution in [3.63, 3.8) is 0 Å². The molecule has 0 saturated carbocycles. The maximum Gasteiger partial charge on any atom is 0.231 e. The zero-order valence-electron chi connectivity index (χ0n) is 15.0. The van der Waals surface area contributed by atoms with Crippen LogP contribution in [0.4, 0.5) is 5.95 Å². The van der Waals surface area contributed by atoms with Gasteiger partial charge in [0.25, 0.3) is 0 Å². The number of rotatable bonds is 5. The summed E-state index contributed by atoms with van der Waals surface area (Å²) in [6, 6.07) is 7.51. The van der Waals surface area contributed by atoms with Gasteiger partial charge in [0.05, 0.1) is 12.1 Å². The second-order valence-corrected chi connectivity index (χ2v) is 6.59. The number of nitrogens with zero attached hydrogens (tertiary/aromatic N) is 7. The van der Waals surface area contributed by atoms with Gasteiger partial charge in [-0.1, -0.05) is 12.1 Å². The molecule has 1 fully saturated rings. The van der Waals surface area contributed by atoms with Crippen LogP contribution in [0.15, 0.2) is 30.6 Å². The Morgan fingerprint density at radius 2 is 2.04 bits per heavy atom. The molecule has 0 bridgehead atoms. The number of carbonyl (C=O) groups is 1. The van der Waals surface area contributed by atoms with Crippen molar-refractivity contribution in [2.45, 2.75) is 25.2 Å². The molecule has 0 aliphatic carbocycles.